The summed E-state index contributed by atoms with van der Waals surface area (Å²) in [6.07, 6.45) is 1.88. The van der Waals surface area contributed by atoms with Gasteiger partial charge < -0.3 is 10.1 Å². The Bertz CT molecular complexity index is 936. The molecule has 2 N–H and O–H groups in total. The van der Waals surface area contributed by atoms with Crippen molar-refractivity contribution in [3.63, 3.8) is 0 Å². The number of fused-ring (bicyclic) bond motifs is 1. The highest BCUT2D eigenvalue weighted by Gasteiger charge is 2.34. The SMILES string of the molecule is Fc1ccc(C2(COCc3cc(Cl)cc4c(Cl)[nH]nc34)CCNCC2)cc1. The molecule has 0 amide bonds. The minimum absolute atomic E-state index is 0.125. The Morgan fingerprint density at radius 1 is 1.11 bits per heavy atom. The van der Waals surface area contributed by atoms with Crippen LogP contribution in [0.25, 0.3) is 10.9 Å². The normalized spacial score (nSPS) is 16.7. The number of nitrogens with zero attached hydrogens (tertiary/aromatic N) is 1. The molecule has 0 atom stereocenters. The fourth-order valence-corrected chi connectivity index (χ4v) is 4.24. The zero-order valence-corrected chi connectivity index (χ0v) is 16.2. The third-order valence-electron chi connectivity index (χ3n) is 5.31. The number of halogens is 3. The van der Waals surface area contributed by atoms with Crippen LogP contribution >= 0.6 is 23.2 Å². The summed E-state index contributed by atoms with van der Waals surface area (Å²) >= 11 is 12.4. The molecule has 27 heavy (non-hydrogen) atoms. The maximum absolute atomic E-state index is 13.4. The summed E-state index contributed by atoms with van der Waals surface area (Å²) in [4.78, 5) is 0. The number of piperidine rings is 1. The van der Waals surface area contributed by atoms with Gasteiger partial charge in [-0.2, -0.15) is 5.10 Å². The van der Waals surface area contributed by atoms with Gasteiger partial charge in [-0.15, -0.1) is 0 Å². The summed E-state index contributed by atoms with van der Waals surface area (Å²) in [5.41, 5.74) is 2.65. The summed E-state index contributed by atoms with van der Waals surface area (Å²) in [5, 5.41) is 12.3. The first-order valence-corrected chi connectivity index (χ1v) is 9.69. The van der Waals surface area contributed by atoms with Gasteiger partial charge >= 0.3 is 0 Å². The lowest BCUT2D eigenvalue weighted by atomic mass is 9.74. The first-order chi connectivity index (χ1) is 13.1. The van der Waals surface area contributed by atoms with Gasteiger partial charge in [-0.05, 0) is 55.8 Å². The molecule has 3 aromatic rings. The largest absolute Gasteiger partial charge is 0.376 e. The van der Waals surface area contributed by atoms with E-state index in [0.717, 1.165) is 48.0 Å². The number of aromatic amines is 1. The quantitative estimate of drug-likeness (QED) is 0.635. The van der Waals surface area contributed by atoms with Gasteiger partial charge in [0.25, 0.3) is 0 Å². The van der Waals surface area contributed by atoms with Gasteiger partial charge in [0.1, 0.15) is 11.0 Å². The minimum atomic E-state index is -0.222. The molecule has 0 spiro atoms. The van der Waals surface area contributed by atoms with Crippen LogP contribution < -0.4 is 5.32 Å². The summed E-state index contributed by atoms with van der Waals surface area (Å²) in [7, 11) is 0. The van der Waals surface area contributed by atoms with Crippen LogP contribution in [-0.2, 0) is 16.8 Å². The second-order valence-corrected chi connectivity index (χ2v) is 7.84. The summed E-state index contributed by atoms with van der Waals surface area (Å²) < 4.78 is 19.5. The third-order valence-corrected chi connectivity index (χ3v) is 5.82. The van der Waals surface area contributed by atoms with Gasteiger partial charge in [0.2, 0.25) is 0 Å². The molecule has 0 unspecified atom stereocenters. The van der Waals surface area contributed by atoms with Crippen molar-refractivity contribution in [2.45, 2.75) is 24.9 Å². The summed E-state index contributed by atoms with van der Waals surface area (Å²) in [6.45, 7) is 2.76. The van der Waals surface area contributed by atoms with Crippen LogP contribution in [-0.4, -0.2) is 29.9 Å². The molecule has 0 radical (unpaired) electrons. The van der Waals surface area contributed by atoms with Crippen molar-refractivity contribution in [2.75, 3.05) is 19.7 Å². The Kier molecular flexibility index (Phi) is 5.37. The van der Waals surface area contributed by atoms with Crippen molar-refractivity contribution in [1.29, 1.82) is 0 Å². The predicted molar refractivity (Wildman–Crippen MR) is 106 cm³/mol. The topological polar surface area (TPSA) is 49.9 Å². The number of benzene rings is 2. The van der Waals surface area contributed by atoms with Gasteiger partial charge in [0.15, 0.2) is 0 Å². The molecule has 0 bridgehead atoms. The average Bonchev–Trinajstić information content (AvgIpc) is 3.04. The Balaban J connectivity index is 1.55. The highest BCUT2D eigenvalue weighted by Crippen LogP contribution is 2.35. The molecule has 7 heteroatoms. The standard InChI is InChI=1S/C20H20Cl2FN3O/c21-15-9-13(18-17(10-15)19(22)26-25-18)11-27-12-20(5-7-24-8-6-20)14-1-3-16(23)4-2-14/h1-4,9-10,24H,5-8,11-12H2,(H,25,26). The van der Waals surface area contributed by atoms with E-state index in [1.165, 1.54) is 12.1 Å². The van der Waals surface area contributed by atoms with Crippen LogP contribution in [0, 0.1) is 5.82 Å². The third kappa shape index (κ3) is 3.83. The van der Waals surface area contributed by atoms with Crippen molar-refractivity contribution in [2.24, 2.45) is 0 Å². The van der Waals surface area contributed by atoms with Crippen molar-refractivity contribution in [1.82, 2.24) is 15.5 Å². The molecule has 2 heterocycles. The molecule has 2 aromatic carbocycles. The van der Waals surface area contributed by atoms with E-state index in [-0.39, 0.29) is 11.2 Å². The minimum Gasteiger partial charge on any atom is -0.376 e. The lowest BCUT2D eigenvalue weighted by Gasteiger charge is -2.38. The number of rotatable bonds is 5. The fourth-order valence-electron chi connectivity index (χ4n) is 3.81. The first kappa shape index (κ1) is 18.7. The molecule has 4 nitrogen and oxygen atoms in total. The van der Waals surface area contributed by atoms with E-state index in [2.05, 4.69) is 15.5 Å². The van der Waals surface area contributed by atoms with Crippen LogP contribution in [0.5, 0.6) is 0 Å². The summed E-state index contributed by atoms with van der Waals surface area (Å²) in [6, 6.07) is 10.4. The van der Waals surface area contributed by atoms with Crippen LogP contribution in [0.4, 0.5) is 4.39 Å². The molecule has 1 saturated heterocycles. The highest BCUT2D eigenvalue weighted by molar-refractivity contribution is 6.36. The van der Waals surface area contributed by atoms with Crippen LogP contribution in [0.1, 0.15) is 24.0 Å². The lowest BCUT2D eigenvalue weighted by molar-refractivity contribution is 0.0570. The first-order valence-electron chi connectivity index (χ1n) is 8.94. The molecule has 142 valence electrons. The number of nitrogens with one attached hydrogen (secondary N) is 2. The summed E-state index contributed by atoms with van der Waals surface area (Å²) in [5.74, 6) is -0.222. The van der Waals surface area contributed by atoms with Gasteiger partial charge in [-0.1, -0.05) is 35.3 Å². The Morgan fingerprint density at radius 3 is 2.59 bits per heavy atom. The number of aromatic nitrogens is 2. The molecule has 1 aromatic heterocycles. The second-order valence-electron chi connectivity index (χ2n) is 7.03. The Hall–Kier alpha value is -1.66. The van der Waals surface area contributed by atoms with E-state index in [0.29, 0.717) is 23.4 Å². The van der Waals surface area contributed by atoms with Gasteiger partial charge in [0.05, 0.1) is 18.7 Å². The molecule has 1 aliphatic rings. The fraction of sp³-hybridized carbons (Fsp3) is 0.350. The van der Waals surface area contributed by atoms with E-state index >= 15 is 0 Å². The Morgan fingerprint density at radius 2 is 1.85 bits per heavy atom. The van der Waals surface area contributed by atoms with Gasteiger partial charge in [0, 0.05) is 21.4 Å². The number of hydrogen-bond donors (Lipinski definition) is 2. The van der Waals surface area contributed by atoms with E-state index in [9.17, 15) is 4.39 Å². The van der Waals surface area contributed by atoms with E-state index in [1.54, 1.807) is 6.07 Å². The van der Waals surface area contributed by atoms with Gasteiger partial charge in [-0.25, -0.2) is 4.39 Å². The van der Waals surface area contributed by atoms with Crippen molar-refractivity contribution in [3.05, 3.63) is 63.5 Å². The average molecular weight is 408 g/mol. The second kappa shape index (κ2) is 7.76. The maximum Gasteiger partial charge on any atom is 0.132 e. The maximum atomic E-state index is 13.4. The van der Waals surface area contributed by atoms with Crippen LogP contribution in [0.3, 0.4) is 0 Å². The molecule has 0 saturated carbocycles. The van der Waals surface area contributed by atoms with Crippen molar-refractivity contribution < 1.29 is 9.13 Å². The van der Waals surface area contributed by atoms with E-state index in [4.69, 9.17) is 27.9 Å². The van der Waals surface area contributed by atoms with Crippen molar-refractivity contribution >= 4 is 34.1 Å². The number of hydrogen-bond acceptors (Lipinski definition) is 3. The van der Waals surface area contributed by atoms with E-state index < -0.39 is 0 Å². The molecule has 4 rings (SSSR count). The number of H-pyrrole nitrogens is 1. The van der Waals surface area contributed by atoms with Crippen molar-refractivity contribution in [3.8, 4) is 0 Å². The lowest BCUT2D eigenvalue weighted by Crippen LogP contribution is -2.43. The van der Waals surface area contributed by atoms with Crippen LogP contribution in [0.15, 0.2) is 36.4 Å². The molecule has 1 fully saturated rings. The molecule has 1 aliphatic heterocycles. The molecule has 0 aliphatic carbocycles. The van der Waals surface area contributed by atoms with Crippen LogP contribution in [0.2, 0.25) is 10.2 Å². The van der Waals surface area contributed by atoms with Gasteiger partial charge in [-0.3, -0.25) is 5.10 Å². The highest BCUT2D eigenvalue weighted by atomic mass is 35.5. The molecular formula is C20H20Cl2FN3O. The number of ether oxygens (including phenoxy) is 1. The smallest absolute Gasteiger partial charge is 0.132 e. The zero-order valence-electron chi connectivity index (χ0n) is 14.7. The van der Waals surface area contributed by atoms with E-state index in [1.807, 2.05) is 18.2 Å². The monoisotopic (exact) mass is 407 g/mol. The predicted octanol–water partition coefficient (Wildman–Crippen LogP) is 4.85. The zero-order chi connectivity index (χ0) is 18.9. The molecular weight excluding hydrogens is 388 g/mol. The Labute approximate surface area is 167 Å².